The van der Waals surface area contributed by atoms with E-state index in [-0.39, 0.29) is 25.3 Å². The summed E-state index contributed by atoms with van der Waals surface area (Å²) in [5.74, 6) is -1.28. The third-order valence-electron chi connectivity index (χ3n) is 5.92. The van der Waals surface area contributed by atoms with Gasteiger partial charge in [-0.3, -0.25) is 9.59 Å². The first kappa shape index (κ1) is 24.0. The second-order valence-electron chi connectivity index (χ2n) is 7.84. The van der Waals surface area contributed by atoms with Gasteiger partial charge in [-0.15, -0.1) is 0 Å². The summed E-state index contributed by atoms with van der Waals surface area (Å²) in [6, 6.07) is 5.00. The number of anilines is 1. The Morgan fingerprint density at radius 2 is 1.78 bits per heavy atom. The maximum absolute atomic E-state index is 13.3. The zero-order chi connectivity index (χ0) is 23.7. The summed E-state index contributed by atoms with van der Waals surface area (Å²) < 4.78 is 68.3. The summed E-state index contributed by atoms with van der Waals surface area (Å²) in [6.07, 6.45) is 1.67. The zero-order valence-corrected chi connectivity index (χ0v) is 18.2. The number of carbonyl (C=O) groups is 3. The van der Waals surface area contributed by atoms with Crippen LogP contribution >= 0.6 is 0 Å². The molecule has 0 aromatic heterocycles. The van der Waals surface area contributed by atoms with Gasteiger partial charge in [-0.25, -0.2) is 4.79 Å². The number of sulfonamides is 1. The van der Waals surface area contributed by atoms with E-state index in [0.29, 0.717) is 19.3 Å². The fourth-order valence-electron chi connectivity index (χ4n) is 4.27. The Kier molecular flexibility index (Phi) is 6.55. The number of ether oxygens (including phenoxy) is 1. The number of alkyl halides is 3. The van der Waals surface area contributed by atoms with Crippen molar-refractivity contribution in [2.24, 2.45) is 5.41 Å². The van der Waals surface area contributed by atoms with Crippen molar-refractivity contribution < 1.29 is 40.7 Å². The zero-order valence-electron chi connectivity index (χ0n) is 17.4. The molecule has 1 aromatic carbocycles. The second kappa shape index (κ2) is 8.72. The number of piperidine rings is 1. The highest BCUT2D eigenvalue weighted by atomic mass is 32.2. The molecule has 0 N–H and O–H groups in total. The molecule has 0 unspecified atom stereocenters. The minimum atomic E-state index is -6.13. The van der Waals surface area contributed by atoms with Gasteiger partial charge in [-0.05, 0) is 37.8 Å². The fourth-order valence-corrected chi connectivity index (χ4v) is 5.17. The van der Waals surface area contributed by atoms with Crippen LogP contribution in [0.5, 0.6) is 0 Å². The molecule has 12 heteroatoms. The number of ketones is 1. The van der Waals surface area contributed by atoms with Gasteiger partial charge in [0.25, 0.3) is 5.91 Å². The highest BCUT2D eigenvalue weighted by Crippen LogP contribution is 2.45. The van der Waals surface area contributed by atoms with E-state index in [1.807, 2.05) is 0 Å². The number of hydrogen-bond acceptors (Lipinski definition) is 6. The predicted molar refractivity (Wildman–Crippen MR) is 107 cm³/mol. The number of hydrogen-bond donors (Lipinski definition) is 0. The molecule has 0 radical (unpaired) electrons. The van der Waals surface area contributed by atoms with E-state index in [1.165, 1.54) is 30.0 Å². The van der Waals surface area contributed by atoms with Gasteiger partial charge in [0.15, 0.2) is 0 Å². The topological polar surface area (TPSA) is 101 Å². The van der Waals surface area contributed by atoms with Crippen LogP contribution < -0.4 is 4.31 Å². The summed E-state index contributed by atoms with van der Waals surface area (Å²) in [5.41, 5.74) is -7.08. The van der Waals surface area contributed by atoms with Crippen molar-refractivity contribution in [2.75, 3.05) is 17.5 Å². The van der Waals surface area contributed by atoms with E-state index < -0.39 is 48.7 Å². The number of carbonyl (C=O) groups excluding carboxylic acids is 3. The molecule has 1 saturated heterocycles. The maximum Gasteiger partial charge on any atom is 0.517 e. The molecule has 1 aromatic rings. The normalized spacial score (nSPS) is 18.8. The number of benzene rings is 1. The van der Waals surface area contributed by atoms with Crippen LogP contribution in [0.4, 0.5) is 23.7 Å². The van der Waals surface area contributed by atoms with Crippen molar-refractivity contribution in [1.29, 1.82) is 0 Å². The van der Waals surface area contributed by atoms with Crippen LogP contribution in [-0.4, -0.2) is 49.8 Å². The molecule has 176 valence electrons. The van der Waals surface area contributed by atoms with Crippen LogP contribution in [0.3, 0.4) is 0 Å². The van der Waals surface area contributed by atoms with Crippen molar-refractivity contribution in [2.45, 2.75) is 51.1 Å². The van der Waals surface area contributed by atoms with Crippen molar-refractivity contribution in [3.63, 3.8) is 0 Å². The van der Waals surface area contributed by atoms with Crippen molar-refractivity contribution in [1.82, 2.24) is 4.90 Å². The van der Waals surface area contributed by atoms with Crippen LogP contribution in [0.2, 0.25) is 0 Å². The molecular formula is C20H23F3N2O6S. The molecule has 2 amide bonds. The summed E-state index contributed by atoms with van der Waals surface area (Å²) in [7, 11) is -6.13. The Bertz CT molecular complexity index is 1020. The van der Waals surface area contributed by atoms with Crippen LogP contribution in [0.25, 0.3) is 0 Å². The third kappa shape index (κ3) is 4.19. The Morgan fingerprint density at radius 3 is 2.38 bits per heavy atom. The second-order valence-corrected chi connectivity index (χ2v) is 9.61. The van der Waals surface area contributed by atoms with Crippen LogP contribution in [0.1, 0.15) is 44.6 Å². The summed E-state index contributed by atoms with van der Waals surface area (Å²) in [6.45, 7) is 0.829. The maximum atomic E-state index is 13.3. The van der Waals surface area contributed by atoms with E-state index in [9.17, 15) is 36.0 Å². The smallest absolute Gasteiger partial charge is 0.449 e. The first-order valence-corrected chi connectivity index (χ1v) is 11.6. The molecule has 0 bridgehead atoms. The van der Waals surface area contributed by atoms with Crippen LogP contribution in [0.15, 0.2) is 24.3 Å². The summed E-state index contributed by atoms with van der Waals surface area (Å²) in [4.78, 5) is 38.9. The van der Waals surface area contributed by atoms with Gasteiger partial charge < -0.3 is 9.64 Å². The first-order chi connectivity index (χ1) is 14.9. The molecule has 1 saturated carbocycles. The van der Waals surface area contributed by atoms with E-state index in [2.05, 4.69) is 4.74 Å². The lowest BCUT2D eigenvalue weighted by Crippen LogP contribution is -2.51. The van der Waals surface area contributed by atoms with E-state index in [1.54, 1.807) is 0 Å². The number of halogens is 3. The largest absolute Gasteiger partial charge is 0.517 e. The van der Waals surface area contributed by atoms with Gasteiger partial charge in [0.05, 0.1) is 12.3 Å². The highest BCUT2D eigenvalue weighted by molar-refractivity contribution is 7.94. The van der Waals surface area contributed by atoms with Crippen molar-refractivity contribution in [3.8, 4) is 0 Å². The van der Waals surface area contributed by atoms with Gasteiger partial charge in [0, 0.05) is 18.5 Å². The van der Waals surface area contributed by atoms with Crippen molar-refractivity contribution >= 4 is 33.5 Å². The lowest BCUT2D eigenvalue weighted by atomic mass is 9.75. The lowest BCUT2D eigenvalue weighted by Gasteiger charge is -2.37. The number of rotatable bonds is 5. The molecule has 32 heavy (non-hydrogen) atoms. The lowest BCUT2D eigenvalue weighted by molar-refractivity contribution is -0.155. The van der Waals surface area contributed by atoms with E-state index >= 15 is 0 Å². The number of para-hydroxylation sites is 1. The molecule has 1 aliphatic carbocycles. The minimum Gasteiger partial charge on any atom is -0.449 e. The fraction of sp³-hybridized carbons (Fsp3) is 0.550. The molecule has 1 aliphatic heterocycles. The first-order valence-electron chi connectivity index (χ1n) is 10.1. The van der Waals surface area contributed by atoms with Crippen molar-refractivity contribution in [3.05, 3.63) is 29.8 Å². The molecule has 2 aliphatic rings. The third-order valence-corrected chi connectivity index (χ3v) is 7.33. The van der Waals surface area contributed by atoms with Gasteiger partial charge in [0.1, 0.15) is 0 Å². The number of likely N-dealkylation sites (tertiary alicyclic amines) is 1. The quantitative estimate of drug-likeness (QED) is 0.604. The van der Waals surface area contributed by atoms with Gasteiger partial charge in [-0.2, -0.15) is 25.9 Å². The minimum absolute atomic E-state index is 0.0445. The Balaban J connectivity index is 1.96. The van der Waals surface area contributed by atoms with Gasteiger partial charge in [-0.1, -0.05) is 31.0 Å². The standard InChI is InChI=1S/C20H23F3N2O6S/c1-2-31-18(28)25(32(29,30)20(21,22)23)15-8-4-3-7-14(15)13-24-12-11-19(9-5-6-10-19)16(26)17(24)27/h3-4,7-8H,2,5-6,9-13H2,1H3. The Labute approximate surface area is 183 Å². The summed E-state index contributed by atoms with van der Waals surface area (Å²) in [5, 5.41) is 0. The number of nitrogens with zero attached hydrogens (tertiary/aromatic N) is 2. The average molecular weight is 476 g/mol. The van der Waals surface area contributed by atoms with Gasteiger partial charge >= 0.3 is 21.6 Å². The molecule has 8 nitrogen and oxygen atoms in total. The highest BCUT2D eigenvalue weighted by Gasteiger charge is 2.54. The molecule has 1 spiro atoms. The monoisotopic (exact) mass is 476 g/mol. The molecule has 2 fully saturated rings. The predicted octanol–water partition coefficient (Wildman–Crippen LogP) is 3.36. The number of Topliss-reactive ketones (excluding diaryl/α,β-unsaturated/α-hetero) is 1. The molecule has 3 rings (SSSR count). The van der Waals surface area contributed by atoms with Crippen LogP contribution in [0, 0.1) is 5.41 Å². The SMILES string of the molecule is CCOC(=O)N(c1ccccc1CN1CCC2(CCCC2)C(=O)C1=O)S(=O)(=O)C(F)(F)F. The summed E-state index contributed by atoms with van der Waals surface area (Å²) >= 11 is 0. The number of amides is 2. The Hall–Kier alpha value is -2.63. The molecule has 1 heterocycles. The van der Waals surface area contributed by atoms with E-state index in [0.717, 1.165) is 18.9 Å². The average Bonchev–Trinajstić information content (AvgIpc) is 3.19. The van der Waals surface area contributed by atoms with Crippen LogP contribution in [-0.2, 0) is 30.9 Å². The van der Waals surface area contributed by atoms with E-state index in [4.69, 9.17) is 0 Å². The van der Waals surface area contributed by atoms with Gasteiger partial charge in [0.2, 0.25) is 5.78 Å². The molecule has 0 atom stereocenters. The molecular weight excluding hydrogens is 453 g/mol. The Morgan fingerprint density at radius 1 is 1.16 bits per heavy atom.